The number of hydrogen-bond acceptors (Lipinski definition) is 5. The van der Waals surface area contributed by atoms with Crippen LogP contribution in [-0.4, -0.2) is 17.9 Å². The number of nitrogens with zero attached hydrogens (tertiary/aromatic N) is 1. The Morgan fingerprint density at radius 2 is 1.69 bits per heavy atom. The number of hydrogen-bond donors (Lipinski definition) is 1. The second-order valence-electron chi connectivity index (χ2n) is 6.33. The molecule has 7 nitrogen and oxygen atoms in total. The highest BCUT2D eigenvalue weighted by atomic mass is 16.6. The Bertz CT molecular complexity index is 1020. The highest BCUT2D eigenvalue weighted by molar-refractivity contribution is 5.96. The van der Waals surface area contributed by atoms with E-state index >= 15 is 0 Å². The summed E-state index contributed by atoms with van der Waals surface area (Å²) in [5, 5.41) is 14.1. The lowest BCUT2D eigenvalue weighted by Gasteiger charge is -2.20. The summed E-state index contributed by atoms with van der Waals surface area (Å²) < 4.78 is 11.1. The molecule has 1 atom stereocenters. The van der Waals surface area contributed by atoms with E-state index in [0.29, 0.717) is 17.0 Å². The molecule has 29 heavy (non-hydrogen) atoms. The van der Waals surface area contributed by atoms with E-state index < -0.39 is 16.9 Å². The number of anilines is 1. The topological polar surface area (TPSA) is 90.7 Å². The van der Waals surface area contributed by atoms with Gasteiger partial charge in [0.15, 0.2) is 5.75 Å². The highest BCUT2D eigenvalue weighted by Crippen LogP contribution is 2.32. The standard InChI is InChI=1S/C22H20N2O5/c1-15-12-13-19(28-2)17(14-15)23-22(25)21(16-8-4-3-5-9-16)29-20-11-7-6-10-18(20)24(26)27/h3-14,21H,1-2H3,(H,23,25)/t21-/m0/s1. The molecule has 7 heteroatoms. The molecule has 0 saturated heterocycles. The third-order valence-electron chi connectivity index (χ3n) is 4.26. The maximum absolute atomic E-state index is 13.1. The Balaban J connectivity index is 1.96. The van der Waals surface area contributed by atoms with Crippen molar-refractivity contribution in [2.24, 2.45) is 0 Å². The van der Waals surface area contributed by atoms with Crippen molar-refractivity contribution in [1.82, 2.24) is 0 Å². The van der Waals surface area contributed by atoms with Gasteiger partial charge in [0, 0.05) is 11.6 Å². The van der Waals surface area contributed by atoms with Crippen LogP contribution in [0.2, 0.25) is 0 Å². The average molecular weight is 392 g/mol. The van der Waals surface area contributed by atoms with Crippen molar-refractivity contribution in [1.29, 1.82) is 0 Å². The number of ether oxygens (including phenoxy) is 2. The fourth-order valence-corrected chi connectivity index (χ4v) is 2.85. The minimum atomic E-state index is -1.09. The van der Waals surface area contributed by atoms with Gasteiger partial charge in [-0.25, -0.2) is 0 Å². The van der Waals surface area contributed by atoms with Crippen LogP contribution in [0.1, 0.15) is 17.2 Å². The Kier molecular flexibility index (Phi) is 6.09. The molecule has 0 aliphatic rings. The Hall–Kier alpha value is -3.87. The first-order valence-corrected chi connectivity index (χ1v) is 8.90. The van der Waals surface area contributed by atoms with E-state index in [-0.39, 0.29) is 11.4 Å². The zero-order valence-electron chi connectivity index (χ0n) is 16.0. The number of nitro groups is 1. The summed E-state index contributed by atoms with van der Waals surface area (Å²) in [6.07, 6.45) is -1.09. The zero-order valence-corrected chi connectivity index (χ0v) is 16.0. The van der Waals surface area contributed by atoms with E-state index in [4.69, 9.17) is 9.47 Å². The molecular formula is C22H20N2O5. The first-order chi connectivity index (χ1) is 14.0. The molecule has 1 amide bonds. The van der Waals surface area contributed by atoms with Gasteiger partial charge in [-0.2, -0.15) is 0 Å². The van der Waals surface area contributed by atoms with Crippen LogP contribution in [0, 0.1) is 17.0 Å². The molecule has 0 saturated carbocycles. The van der Waals surface area contributed by atoms with E-state index in [2.05, 4.69) is 5.32 Å². The van der Waals surface area contributed by atoms with Crippen molar-refractivity contribution in [3.05, 3.63) is 94.0 Å². The summed E-state index contributed by atoms with van der Waals surface area (Å²) in [5.74, 6) is 0.0393. The van der Waals surface area contributed by atoms with Gasteiger partial charge in [-0.15, -0.1) is 0 Å². The first-order valence-electron chi connectivity index (χ1n) is 8.90. The quantitative estimate of drug-likeness (QED) is 0.466. The SMILES string of the molecule is COc1ccc(C)cc1NC(=O)[C@@H](Oc1ccccc1[N+](=O)[O-])c1ccccc1. The monoisotopic (exact) mass is 392 g/mol. The third-order valence-corrected chi connectivity index (χ3v) is 4.26. The Morgan fingerprint density at radius 1 is 1.00 bits per heavy atom. The lowest BCUT2D eigenvalue weighted by molar-refractivity contribution is -0.386. The van der Waals surface area contributed by atoms with Crippen molar-refractivity contribution in [3.63, 3.8) is 0 Å². The number of amides is 1. The van der Waals surface area contributed by atoms with Crippen molar-refractivity contribution in [2.45, 2.75) is 13.0 Å². The number of benzene rings is 3. The minimum absolute atomic E-state index is 0.0118. The van der Waals surface area contributed by atoms with E-state index in [0.717, 1.165) is 5.56 Å². The highest BCUT2D eigenvalue weighted by Gasteiger charge is 2.27. The fraction of sp³-hybridized carbons (Fsp3) is 0.136. The molecular weight excluding hydrogens is 372 g/mol. The number of carbonyl (C=O) groups is 1. The normalized spacial score (nSPS) is 11.4. The van der Waals surface area contributed by atoms with Crippen molar-refractivity contribution in [2.75, 3.05) is 12.4 Å². The number of aryl methyl sites for hydroxylation is 1. The molecule has 148 valence electrons. The molecule has 3 rings (SSSR count). The number of rotatable bonds is 7. The number of nitro benzene ring substituents is 1. The van der Waals surface area contributed by atoms with Gasteiger partial charge < -0.3 is 14.8 Å². The lowest BCUT2D eigenvalue weighted by Crippen LogP contribution is -2.26. The van der Waals surface area contributed by atoms with E-state index in [1.807, 2.05) is 19.1 Å². The molecule has 0 radical (unpaired) electrons. The van der Waals surface area contributed by atoms with Gasteiger partial charge in [-0.05, 0) is 30.7 Å². The molecule has 3 aromatic carbocycles. The van der Waals surface area contributed by atoms with Gasteiger partial charge in [0.25, 0.3) is 5.91 Å². The molecule has 0 aliphatic heterocycles. The molecule has 0 unspecified atom stereocenters. The lowest BCUT2D eigenvalue weighted by atomic mass is 10.1. The molecule has 1 N–H and O–H groups in total. The van der Waals surface area contributed by atoms with Crippen LogP contribution >= 0.6 is 0 Å². The van der Waals surface area contributed by atoms with Crippen molar-refractivity contribution >= 4 is 17.3 Å². The van der Waals surface area contributed by atoms with Gasteiger partial charge in [-0.3, -0.25) is 14.9 Å². The van der Waals surface area contributed by atoms with Gasteiger partial charge in [-0.1, -0.05) is 48.5 Å². The summed E-state index contributed by atoms with van der Waals surface area (Å²) in [4.78, 5) is 23.9. The predicted octanol–water partition coefficient (Wildman–Crippen LogP) is 4.67. The molecule has 0 fully saturated rings. The Morgan fingerprint density at radius 3 is 2.38 bits per heavy atom. The summed E-state index contributed by atoms with van der Waals surface area (Å²) in [6.45, 7) is 1.90. The van der Waals surface area contributed by atoms with Crippen LogP contribution in [-0.2, 0) is 4.79 Å². The molecule has 0 spiro atoms. The average Bonchev–Trinajstić information content (AvgIpc) is 2.73. The van der Waals surface area contributed by atoms with Crippen LogP contribution in [0.15, 0.2) is 72.8 Å². The summed E-state index contributed by atoms with van der Waals surface area (Å²) in [5.41, 5.74) is 1.78. The third kappa shape index (κ3) is 4.70. The molecule has 0 heterocycles. The summed E-state index contributed by atoms with van der Waals surface area (Å²) in [6, 6.07) is 20.2. The van der Waals surface area contributed by atoms with Crippen LogP contribution < -0.4 is 14.8 Å². The predicted molar refractivity (Wildman–Crippen MR) is 109 cm³/mol. The van der Waals surface area contributed by atoms with E-state index in [1.165, 1.54) is 19.2 Å². The molecule has 0 aliphatic carbocycles. The first kappa shape index (κ1) is 19.9. The number of methoxy groups -OCH3 is 1. The van der Waals surface area contributed by atoms with Gasteiger partial charge in [0.2, 0.25) is 6.10 Å². The van der Waals surface area contributed by atoms with Crippen molar-refractivity contribution < 1.29 is 19.2 Å². The largest absolute Gasteiger partial charge is 0.495 e. The van der Waals surface area contributed by atoms with Gasteiger partial charge >= 0.3 is 5.69 Å². The van der Waals surface area contributed by atoms with E-state index in [1.54, 1.807) is 48.5 Å². The van der Waals surface area contributed by atoms with Crippen LogP contribution in [0.25, 0.3) is 0 Å². The maximum Gasteiger partial charge on any atom is 0.310 e. The summed E-state index contributed by atoms with van der Waals surface area (Å²) in [7, 11) is 1.51. The molecule has 0 bridgehead atoms. The fourth-order valence-electron chi connectivity index (χ4n) is 2.85. The number of nitrogens with one attached hydrogen (secondary N) is 1. The van der Waals surface area contributed by atoms with Crippen LogP contribution in [0.4, 0.5) is 11.4 Å². The van der Waals surface area contributed by atoms with Gasteiger partial charge in [0.05, 0.1) is 17.7 Å². The second kappa shape index (κ2) is 8.88. The van der Waals surface area contributed by atoms with E-state index in [9.17, 15) is 14.9 Å². The molecule has 3 aromatic rings. The van der Waals surface area contributed by atoms with Crippen LogP contribution in [0.3, 0.4) is 0 Å². The molecule has 0 aromatic heterocycles. The Labute approximate surface area is 168 Å². The maximum atomic E-state index is 13.1. The number of para-hydroxylation sites is 2. The summed E-state index contributed by atoms with van der Waals surface area (Å²) >= 11 is 0. The second-order valence-corrected chi connectivity index (χ2v) is 6.33. The van der Waals surface area contributed by atoms with Crippen molar-refractivity contribution in [3.8, 4) is 11.5 Å². The number of carbonyl (C=O) groups excluding carboxylic acids is 1. The smallest absolute Gasteiger partial charge is 0.310 e. The van der Waals surface area contributed by atoms with Crippen LogP contribution in [0.5, 0.6) is 11.5 Å². The van der Waals surface area contributed by atoms with Gasteiger partial charge in [0.1, 0.15) is 5.75 Å². The zero-order chi connectivity index (χ0) is 20.8. The minimum Gasteiger partial charge on any atom is -0.495 e.